The highest BCUT2D eigenvalue weighted by Gasteiger charge is 2.24. The van der Waals surface area contributed by atoms with Gasteiger partial charge >= 0.3 is 0 Å². The fraction of sp³-hybridized carbons (Fsp3) is 0.500. The molecule has 2 N–H and O–H groups in total. The average molecular weight is 246 g/mol. The first-order valence-electron chi connectivity index (χ1n) is 4.94. The summed E-state index contributed by atoms with van der Waals surface area (Å²) in [4.78, 5) is 6.30. The van der Waals surface area contributed by atoms with E-state index >= 15 is 0 Å². The molecule has 1 aliphatic rings. The Balaban J connectivity index is 2.30. The lowest BCUT2D eigenvalue weighted by molar-refractivity contribution is 0.399. The predicted molar refractivity (Wildman–Crippen MR) is 64.7 cm³/mol. The number of pyridine rings is 1. The highest BCUT2D eigenvalue weighted by atomic mass is 35.5. The second-order valence-electron chi connectivity index (χ2n) is 3.86. The minimum Gasteiger partial charge on any atom is -0.382 e. The SMILES string of the molecule is CN(c1nc(N)c(Cl)cc1Cl)C1CCC1. The van der Waals surface area contributed by atoms with Crippen molar-refractivity contribution in [3.05, 3.63) is 16.1 Å². The molecule has 2 rings (SSSR count). The highest BCUT2D eigenvalue weighted by molar-refractivity contribution is 6.37. The maximum atomic E-state index is 6.08. The van der Waals surface area contributed by atoms with E-state index in [0.29, 0.717) is 21.9 Å². The summed E-state index contributed by atoms with van der Waals surface area (Å²) in [6.07, 6.45) is 3.66. The van der Waals surface area contributed by atoms with E-state index in [0.717, 1.165) is 5.82 Å². The molecular weight excluding hydrogens is 233 g/mol. The van der Waals surface area contributed by atoms with Crippen molar-refractivity contribution in [2.45, 2.75) is 25.3 Å². The van der Waals surface area contributed by atoms with Gasteiger partial charge in [0.2, 0.25) is 0 Å². The van der Waals surface area contributed by atoms with Crippen LogP contribution in [0.1, 0.15) is 19.3 Å². The second-order valence-corrected chi connectivity index (χ2v) is 4.67. The van der Waals surface area contributed by atoms with Gasteiger partial charge in [-0.25, -0.2) is 4.98 Å². The molecule has 0 atom stereocenters. The summed E-state index contributed by atoms with van der Waals surface area (Å²) < 4.78 is 0. The van der Waals surface area contributed by atoms with Crippen LogP contribution in [0.2, 0.25) is 10.0 Å². The molecular formula is C10H13Cl2N3. The summed E-state index contributed by atoms with van der Waals surface area (Å²) >= 11 is 11.9. The molecule has 1 heterocycles. The molecule has 5 heteroatoms. The van der Waals surface area contributed by atoms with E-state index in [1.807, 2.05) is 7.05 Å². The van der Waals surface area contributed by atoms with Crippen LogP contribution in [0, 0.1) is 0 Å². The van der Waals surface area contributed by atoms with Crippen LogP contribution in [0.15, 0.2) is 6.07 Å². The maximum Gasteiger partial charge on any atom is 0.149 e. The molecule has 0 saturated heterocycles. The van der Waals surface area contributed by atoms with E-state index in [1.165, 1.54) is 19.3 Å². The summed E-state index contributed by atoms with van der Waals surface area (Å²) in [5.41, 5.74) is 5.66. The predicted octanol–water partition coefficient (Wildman–Crippen LogP) is 2.96. The second kappa shape index (κ2) is 4.06. The fourth-order valence-electron chi connectivity index (χ4n) is 1.66. The summed E-state index contributed by atoms with van der Waals surface area (Å²) in [5, 5.41) is 0.967. The molecule has 1 aliphatic carbocycles. The van der Waals surface area contributed by atoms with Gasteiger partial charge in [-0.1, -0.05) is 23.2 Å². The Morgan fingerprint density at radius 3 is 2.60 bits per heavy atom. The van der Waals surface area contributed by atoms with Crippen LogP contribution in [-0.4, -0.2) is 18.1 Å². The molecule has 0 unspecified atom stereocenters. The normalized spacial score (nSPS) is 16.2. The average Bonchev–Trinajstić information content (AvgIpc) is 2.08. The molecule has 82 valence electrons. The summed E-state index contributed by atoms with van der Waals surface area (Å²) in [5.74, 6) is 1.06. The van der Waals surface area contributed by atoms with Crippen LogP contribution in [0.25, 0.3) is 0 Å². The van der Waals surface area contributed by atoms with Gasteiger partial charge in [-0.3, -0.25) is 0 Å². The number of rotatable bonds is 2. The minimum absolute atomic E-state index is 0.335. The lowest BCUT2D eigenvalue weighted by Gasteiger charge is -2.36. The third-order valence-electron chi connectivity index (χ3n) is 2.89. The Morgan fingerprint density at radius 1 is 1.40 bits per heavy atom. The molecule has 0 radical (unpaired) electrons. The van der Waals surface area contributed by atoms with Gasteiger partial charge in [0.05, 0.1) is 10.0 Å². The molecule has 1 fully saturated rings. The Morgan fingerprint density at radius 2 is 2.07 bits per heavy atom. The highest BCUT2D eigenvalue weighted by Crippen LogP contribution is 2.34. The van der Waals surface area contributed by atoms with Crippen molar-refractivity contribution in [1.29, 1.82) is 0 Å². The van der Waals surface area contributed by atoms with Crippen molar-refractivity contribution < 1.29 is 0 Å². The summed E-state index contributed by atoms with van der Waals surface area (Å²) in [7, 11) is 1.99. The molecule has 0 aliphatic heterocycles. The molecule has 1 aromatic rings. The van der Waals surface area contributed by atoms with Crippen LogP contribution in [0.5, 0.6) is 0 Å². The third-order valence-corrected chi connectivity index (χ3v) is 3.48. The van der Waals surface area contributed by atoms with Gasteiger partial charge in [-0.15, -0.1) is 0 Å². The molecule has 0 spiro atoms. The maximum absolute atomic E-state index is 6.08. The van der Waals surface area contributed by atoms with Gasteiger partial charge in [0.25, 0.3) is 0 Å². The van der Waals surface area contributed by atoms with E-state index in [9.17, 15) is 0 Å². The van der Waals surface area contributed by atoms with Crippen molar-refractivity contribution >= 4 is 34.8 Å². The molecule has 0 aromatic carbocycles. The topological polar surface area (TPSA) is 42.2 Å². The summed E-state index contributed by atoms with van der Waals surface area (Å²) in [6, 6.07) is 2.19. The van der Waals surface area contributed by atoms with Crippen molar-refractivity contribution in [3.63, 3.8) is 0 Å². The number of nitrogen functional groups attached to an aromatic ring is 1. The van der Waals surface area contributed by atoms with E-state index in [-0.39, 0.29) is 0 Å². The number of nitrogens with two attached hydrogens (primary N) is 1. The number of aromatic nitrogens is 1. The first-order chi connectivity index (χ1) is 7.09. The van der Waals surface area contributed by atoms with Crippen LogP contribution in [-0.2, 0) is 0 Å². The fourth-order valence-corrected chi connectivity index (χ4v) is 2.16. The van der Waals surface area contributed by atoms with Crippen molar-refractivity contribution in [3.8, 4) is 0 Å². The zero-order chi connectivity index (χ0) is 11.0. The van der Waals surface area contributed by atoms with Crippen LogP contribution in [0.3, 0.4) is 0 Å². The van der Waals surface area contributed by atoms with Gasteiger partial charge in [-0.2, -0.15) is 0 Å². The van der Waals surface area contributed by atoms with Crippen LogP contribution < -0.4 is 10.6 Å². The first-order valence-corrected chi connectivity index (χ1v) is 5.69. The van der Waals surface area contributed by atoms with E-state index in [1.54, 1.807) is 6.07 Å². The Bertz CT molecular complexity index is 377. The number of halogens is 2. The quantitative estimate of drug-likeness (QED) is 0.872. The van der Waals surface area contributed by atoms with Crippen molar-refractivity contribution in [1.82, 2.24) is 4.98 Å². The monoisotopic (exact) mass is 245 g/mol. The van der Waals surface area contributed by atoms with Crippen molar-refractivity contribution in [2.24, 2.45) is 0 Å². The van der Waals surface area contributed by atoms with Gasteiger partial charge in [0.1, 0.15) is 11.6 Å². The number of anilines is 2. The van der Waals surface area contributed by atoms with Gasteiger partial charge in [-0.05, 0) is 25.3 Å². The first kappa shape index (κ1) is 10.8. The van der Waals surface area contributed by atoms with E-state index in [2.05, 4.69) is 9.88 Å². The largest absolute Gasteiger partial charge is 0.382 e. The van der Waals surface area contributed by atoms with Gasteiger partial charge in [0.15, 0.2) is 0 Å². The summed E-state index contributed by atoms with van der Waals surface area (Å²) in [6.45, 7) is 0. The molecule has 0 amide bonds. The van der Waals surface area contributed by atoms with Crippen LogP contribution in [0.4, 0.5) is 11.6 Å². The Kier molecular flexibility index (Phi) is 2.94. The Labute approximate surface area is 99.2 Å². The number of hydrogen-bond acceptors (Lipinski definition) is 3. The van der Waals surface area contributed by atoms with E-state index in [4.69, 9.17) is 28.9 Å². The molecule has 1 saturated carbocycles. The standard InChI is InChI=1S/C10H13Cl2N3/c1-15(6-3-2-4-6)10-8(12)5-7(11)9(13)14-10/h5-6H,2-4H2,1H3,(H2,13,14). The zero-order valence-corrected chi connectivity index (χ0v) is 10.0. The molecule has 1 aromatic heterocycles. The van der Waals surface area contributed by atoms with Gasteiger partial charge in [0, 0.05) is 13.1 Å². The molecule has 3 nitrogen and oxygen atoms in total. The van der Waals surface area contributed by atoms with Crippen molar-refractivity contribution in [2.75, 3.05) is 17.7 Å². The zero-order valence-electron chi connectivity index (χ0n) is 8.50. The number of hydrogen-bond donors (Lipinski definition) is 1. The van der Waals surface area contributed by atoms with Crippen LogP contribution >= 0.6 is 23.2 Å². The number of nitrogens with zero attached hydrogens (tertiary/aromatic N) is 2. The smallest absolute Gasteiger partial charge is 0.149 e. The molecule has 0 bridgehead atoms. The Hall–Kier alpha value is -0.670. The van der Waals surface area contributed by atoms with Gasteiger partial charge < -0.3 is 10.6 Å². The minimum atomic E-state index is 0.335. The molecule has 15 heavy (non-hydrogen) atoms. The van der Waals surface area contributed by atoms with E-state index < -0.39 is 0 Å². The lowest BCUT2D eigenvalue weighted by atomic mass is 9.92. The lowest BCUT2D eigenvalue weighted by Crippen LogP contribution is -2.37. The third kappa shape index (κ3) is 1.99.